The van der Waals surface area contributed by atoms with Gasteiger partial charge in [0, 0.05) is 0 Å². The van der Waals surface area contributed by atoms with E-state index in [0.717, 1.165) is 12.8 Å². The molecule has 2 N–H and O–H groups in total. The Balaban J connectivity index is 3.84. The van der Waals surface area contributed by atoms with Gasteiger partial charge in [-0.05, 0) is 23.3 Å². The molecule has 0 spiro atoms. The average molecular weight is 348 g/mol. The van der Waals surface area contributed by atoms with Gasteiger partial charge in [0.15, 0.2) is 0 Å². The quantitative estimate of drug-likeness (QED) is 0.400. The zero-order valence-corrected chi connectivity index (χ0v) is 12.3. The van der Waals surface area contributed by atoms with Crippen molar-refractivity contribution in [2.45, 2.75) is 38.4 Å². The summed E-state index contributed by atoms with van der Waals surface area (Å²) >= 11 is 2.10. The lowest BCUT2D eigenvalue weighted by molar-refractivity contribution is 0.0511. The molecule has 0 saturated carbocycles. The van der Waals surface area contributed by atoms with Gasteiger partial charge < -0.3 is 10.2 Å². The summed E-state index contributed by atoms with van der Waals surface area (Å²) in [4.78, 5) is 0. The topological polar surface area (TPSA) is 40.5 Å². The Morgan fingerprint density at radius 3 is 2.41 bits per heavy atom. The molecule has 3 heteroatoms. The fraction of sp³-hybridized carbons (Fsp3) is 0.429. The Morgan fingerprint density at radius 2 is 1.76 bits per heavy atom. The lowest BCUT2D eigenvalue weighted by Crippen LogP contribution is -2.22. The molecule has 17 heavy (non-hydrogen) atoms. The minimum Gasteiger partial charge on any atom is -0.390 e. The third-order valence-electron chi connectivity index (χ3n) is 2.11. The van der Waals surface area contributed by atoms with Gasteiger partial charge in [-0.2, -0.15) is 0 Å². The Bertz CT molecular complexity index is 280. The molecule has 0 aliphatic heterocycles. The SMILES string of the molecule is CC/C=C\C/C=C\C[C@H](O)[C@H](O)/C=C/C=C/I. The van der Waals surface area contributed by atoms with Crippen molar-refractivity contribution in [3.05, 3.63) is 46.6 Å². The van der Waals surface area contributed by atoms with Gasteiger partial charge in [-0.3, -0.25) is 0 Å². The fourth-order valence-corrected chi connectivity index (χ4v) is 1.40. The Morgan fingerprint density at radius 1 is 1.06 bits per heavy atom. The molecule has 0 aliphatic carbocycles. The standard InChI is InChI=1S/C14H21IO2/c1-2-3-4-5-6-7-10-13(16)14(17)11-8-9-12-15/h3-4,6-9,11-14,16-17H,2,5,10H2,1H3/b4-3-,7-6-,11-8+,12-9+/t13-,14+/m0/s1. The molecule has 0 rings (SSSR count). The van der Waals surface area contributed by atoms with Crippen molar-refractivity contribution in [1.82, 2.24) is 0 Å². The first-order valence-corrected chi connectivity index (χ1v) is 7.06. The van der Waals surface area contributed by atoms with Crippen LogP contribution >= 0.6 is 22.6 Å². The van der Waals surface area contributed by atoms with E-state index >= 15 is 0 Å². The van der Waals surface area contributed by atoms with Crippen molar-refractivity contribution in [1.29, 1.82) is 0 Å². The van der Waals surface area contributed by atoms with Crippen LogP contribution in [-0.2, 0) is 0 Å². The number of hydrogen-bond donors (Lipinski definition) is 2. The number of aliphatic hydroxyl groups is 2. The first-order chi connectivity index (χ1) is 8.22. The molecular weight excluding hydrogens is 327 g/mol. The van der Waals surface area contributed by atoms with Crippen molar-refractivity contribution in [3.63, 3.8) is 0 Å². The first-order valence-electron chi connectivity index (χ1n) is 5.82. The maximum atomic E-state index is 9.62. The van der Waals surface area contributed by atoms with Crippen LogP contribution in [0.25, 0.3) is 0 Å². The van der Waals surface area contributed by atoms with Crippen LogP contribution in [0.1, 0.15) is 26.2 Å². The molecule has 0 aromatic carbocycles. The summed E-state index contributed by atoms with van der Waals surface area (Å²) in [6, 6.07) is 0. The van der Waals surface area contributed by atoms with E-state index < -0.39 is 12.2 Å². The van der Waals surface area contributed by atoms with Crippen LogP contribution in [-0.4, -0.2) is 22.4 Å². The first kappa shape index (κ1) is 16.6. The van der Waals surface area contributed by atoms with Gasteiger partial charge in [0.1, 0.15) is 0 Å². The predicted molar refractivity (Wildman–Crippen MR) is 82.1 cm³/mol. The molecule has 0 bridgehead atoms. The summed E-state index contributed by atoms with van der Waals surface area (Å²) in [6.45, 7) is 2.09. The monoisotopic (exact) mass is 348 g/mol. The van der Waals surface area contributed by atoms with Gasteiger partial charge in [0.25, 0.3) is 0 Å². The van der Waals surface area contributed by atoms with Crippen molar-refractivity contribution in [2.75, 3.05) is 0 Å². The summed E-state index contributed by atoms with van der Waals surface area (Å²) in [5.74, 6) is 0. The van der Waals surface area contributed by atoms with Gasteiger partial charge in [-0.1, -0.05) is 72.0 Å². The molecular formula is C14H21IO2. The van der Waals surface area contributed by atoms with Crippen LogP contribution in [0.15, 0.2) is 46.6 Å². The van der Waals surface area contributed by atoms with Crippen LogP contribution in [0, 0.1) is 0 Å². The Kier molecular flexibility index (Phi) is 11.8. The molecule has 0 unspecified atom stereocenters. The molecule has 0 aromatic heterocycles. The second-order valence-corrected chi connectivity index (χ2v) is 4.30. The van der Waals surface area contributed by atoms with E-state index in [1.807, 2.05) is 22.3 Å². The highest BCUT2D eigenvalue weighted by Crippen LogP contribution is 2.03. The predicted octanol–water partition coefficient (Wildman–Crippen LogP) is 3.52. The van der Waals surface area contributed by atoms with Crippen LogP contribution in [0.2, 0.25) is 0 Å². The third-order valence-corrected chi connectivity index (χ3v) is 2.52. The minimum absolute atomic E-state index is 0.472. The third kappa shape index (κ3) is 10.5. The van der Waals surface area contributed by atoms with Crippen LogP contribution in [0.3, 0.4) is 0 Å². The van der Waals surface area contributed by atoms with E-state index in [4.69, 9.17) is 0 Å². The second-order valence-electron chi connectivity index (χ2n) is 3.58. The molecule has 96 valence electrons. The van der Waals surface area contributed by atoms with E-state index in [9.17, 15) is 10.2 Å². The molecule has 0 amide bonds. The highest BCUT2D eigenvalue weighted by molar-refractivity contribution is 14.1. The van der Waals surface area contributed by atoms with Crippen LogP contribution < -0.4 is 0 Å². The number of aliphatic hydroxyl groups excluding tert-OH is 2. The van der Waals surface area contributed by atoms with Gasteiger partial charge in [-0.25, -0.2) is 0 Å². The minimum atomic E-state index is -0.807. The largest absolute Gasteiger partial charge is 0.390 e. The summed E-state index contributed by atoms with van der Waals surface area (Å²) in [7, 11) is 0. The Labute approximate surface area is 118 Å². The number of hydrogen-bond acceptors (Lipinski definition) is 2. The van der Waals surface area contributed by atoms with E-state index in [-0.39, 0.29) is 0 Å². The highest BCUT2D eigenvalue weighted by Gasteiger charge is 2.10. The average Bonchev–Trinajstić information content (AvgIpc) is 2.33. The maximum absolute atomic E-state index is 9.62. The summed E-state index contributed by atoms with van der Waals surface area (Å²) in [6.07, 6.45) is 14.1. The lowest BCUT2D eigenvalue weighted by atomic mass is 10.1. The summed E-state index contributed by atoms with van der Waals surface area (Å²) in [5, 5.41) is 19.2. The highest BCUT2D eigenvalue weighted by atomic mass is 127. The number of allylic oxidation sites excluding steroid dienone is 5. The molecule has 0 radical (unpaired) electrons. The molecule has 0 aliphatic rings. The molecule has 0 saturated heterocycles. The van der Waals surface area contributed by atoms with Crippen molar-refractivity contribution in [3.8, 4) is 0 Å². The van der Waals surface area contributed by atoms with Crippen molar-refractivity contribution in [2.24, 2.45) is 0 Å². The summed E-state index contributed by atoms with van der Waals surface area (Å²) in [5.41, 5.74) is 0. The van der Waals surface area contributed by atoms with Crippen molar-refractivity contribution < 1.29 is 10.2 Å². The van der Waals surface area contributed by atoms with Gasteiger partial charge in [0.2, 0.25) is 0 Å². The molecule has 0 heterocycles. The summed E-state index contributed by atoms with van der Waals surface area (Å²) < 4.78 is 1.84. The normalized spacial score (nSPS) is 16.7. The van der Waals surface area contributed by atoms with Crippen molar-refractivity contribution >= 4 is 22.6 Å². The van der Waals surface area contributed by atoms with E-state index in [0.29, 0.717) is 6.42 Å². The second kappa shape index (κ2) is 12.1. The van der Waals surface area contributed by atoms with Gasteiger partial charge >= 0.3 is 0 Å². The zero-order chi connectivity index (χ0) is 12.9. The Hall–Kier alpha value is -0.390. The molecule has 2 atom stereocenters. The van der Waals surface area contributed by atoms with E-state index in [1.165, 1.54) is 0 Å². The molecule has 0 fully saturated rings. The number of rotatable bonds is 8. The maximum Gasteiger partial charge on any atom is 0.0986 e. The fourth-order valence-electron chi connectivity index (χ4n) is 1.16. The molecule has 2 nitrogen and oxygen atoms in total. The smallest absolute Gasteiger partial charge is 0.0986 e. The van der Waals surface area contributed by atoms with E-state index in [2.05, 4.69) is 41.7 Å². The van der Waals surface area contributed by atoms with Gasteiger partial charge in [-0.15, -0.1) is 0 Å². The van der Waals surface area contributed by atoms with Crippen LogP contribution in [0.4, 0.5) is 0 Å². The number of halogens is 1. The van der Waals surface area contributed by atoms with Crippen LogP contribution in [0.5, 0.6) is 0 Å². The van der Waals surface area contributed by atoms with Gasteiger partial charge in [0.05, 0.1) is 12.2 Å². The molecule has 0 aromatic rings. The zero-order valence-electron chi connectivity index (χ0n) is 10.2. The van der Waals surface area contributed by atoms with E-state index in [1.54, 1.807) is 12.2 Å². The lowest BCUT2D eigenvalue weighted by Gasteiger charge is -2.11.